The lowest BCUT2D eigenvalue weighted by Gasteiger charge is -2.21. The fourth-order valence-electron chi connectivity index (χ4n) is 2.17. The molecule has 2 aromatic rings. The van der Waals surface area contributed by atoms with E-state index in [1.54, 1.807) is 29.2 Å². The molecule has 23 heavy (non-hydrogen) atoms. The van der Waals surface area contributed by atoms with E-state index in [1.807, 2.05) is 37.3 Å². The highest BCUT2D eigenvalue weighted by atomic mass is 16.5. The Labute approximate surface area is 135 Å². The first-order valence-electron chi connectivity index (χ1n) is 7.46. The summed E-state index contributed by atoms with van der Waals surface area (Å²) in [6.45, 7) is 3.91. The molecule has 5 heteroatoms. The maximum Gasteiger partial charge on any atom is 0.264 e. The average molecular weight is 312 g/mol. The maximum atomic E-state index is 12.3. The van der Waals surface area contributed by atoms with Crippen molar-refractivity contribution in [2.45, 2.75) is 13.8 Å². The van der Waals surface area contributed by atoms with Gasteiger partial charge in [-0.25, -0.2) is 0 Å². The number of carbonyl (C=O) groups excluding carboxylic acids is 2. The SMILES string of the molecule is CCN(C(=O)COc1ccc(NC(C)=O)cc1)c1ccccc1. The number of anilines is 2. The van der Waals surface area contributed by atoms with Crippen LogP contribution in [0.2, 0.25) is 0 Å². The van der Waals surface area contributed by atoms with Crippen LogP contribution in [0.5, 0.6) is 5.75 Å². The number of rotatable bonds is 6. The van der Waals surface area contributed by atoms with Crippen molar-refractivity contribution in [3.05, 3.63) is 54.6 Å². The lowest BCUT2D eigenvalue weighted by atomic mass is 10.3. The van der Waals surface area contributed by atoms with Gasteiger partial charge in [0.1, 0.15) is 5.75 Å². The Bertz CT molecular complexity index is 654. The quantitative estimate of drug-likeness (QED) is 0.892. The first kappa shape index (κ1) is 16.5. The number of benzene rings is 2. The smallest absolute Gasteiger partial charge is 0.264 e. The van der Waals surface area contributed by atoms with Crippen molar-refractivity contribution < 1.29 is 14.3 Å². The van der Waals surface area contributed by atoms with Crippen molar-refractivity contribution in [3.8, 4) is 5.75 Å². The number of ether oxygens (including phenoxy) is 1. The van der Waals surface area contributed by atoms with Crippen molar-refractivity contribution in [3.63, 3.8) is 0 Å². The Morgan fingerprint density at radius 2 is 1.70 bits per heavy atom. The van der Waals surface area contributed by atoms with E-state index in [-0.39, 0.29) is 18.4 Å². The summed E-state index contributed by atoms with van der Waals surface area (Å²) in [5, 5.41) is 2.68. The monoisotopic (exact) mass is 312 g/mol. The highest BCUT2D eigenvalue weighted by Crippen LogP contribution is 2.17. The predicted molar refractivity (Wildman–Crippen MR) is 90.7 cm³/mol. The molecule has 0 aliphatic heterocycles. The van der Waals surface area contributed by atoms with Gasteiger partial charge in [-0.05, 0) is 43.3 Å². The molecule has 0 saturated heterocycles. The normalized spacial score (nSPS) is 10.0. The number of hydrogen-bond acceptors (Lipinski definition) is 3. The van der Waals surface area contributed by atoms with Gasteiger partial charge in [-0.15, -0.1) is 0 Å². The third kappa shape index (κ3) is 4.85. The van der Waals surface area contributed by atoms with Gasteiger partial charge >= 0.3 is 0 Å². The van der Waals surface area contributed by atoms with Crippen molar-refractivity contribution in [1.29, 1.82) is 0 Å². The van der Waals surface area contributed by atoms with E-state index in [9.17, 15) is 9.59 Å². The number of amides is 2. The fourth-order valence-corrected chi connectivity index (χ4v) is 2.17. The van der Waals surface area contributed by atoms with Crippen LogP contribution in [0.15, 0.2) is 54.6 Å². The lowest BCUT2D eigenvalue weighted by molar-refractivity contribution is -0.120. The zero-order chi connectivity index (χ0) is 16.7. The first-order valence-corrected chi connectivity index (χ1v) is 7.46. The summed E-state index contributed by atoms with van der Waals surface area (Å²) >= 11 is 0. The Hall–Kier alpha value is -2.82. The molecule has 0 bridgehead atoms. The molecule has 120 valence electrons. The van der Waals surface area contributed by atoms with Crippen LogP contribution < -0.4 is 15.0 Å². The summed E-state index contributed by atoms with van der Waals surface area (Å²) in [6.07, 6.45) is 0. The van der Waals surface area contributed by atoms with Crippen LogP contribution in [0.1, 0.15) is 13.8 Å². The molecule has 0 heterocycles. The highest BCUT2D eigenvalue weighted by molar-refractivity contribution is 5.94. The second kappa shape index (κ2) is 7.98. The summed E-state index contributed by atoms with van der Waals surface area (Å²) < 4.78 is 5.53. The molecule has 0 saturated carbocycles. The first-order chi connectivity index (χ1) is 11.1. The van der Waals surface area contributed by atoms with E-state index >= 15 is 0 Å². The standard InChI is InChI=1S/C18H20N2O3/c1-3-20(16-7-5-4-6-8-16)18(22)13-23-17-11-9-15(10-12-17)19-14(2)21/h4-12H,3,13H2,1-2H3,(H,19,21). The van der Waals surface area contributed by atoms with E-state index in [2.05, 4.69) is 5.32 Å². The topological polar surface area (TPSA) is 58.6 Å². The molecule has 5 nitrogen and oxygen atoms in total. The largest absolute Gasteiger partial charge is 0.484 e. The van der Waals surface area contributed by atoms with Crippen LogP contribution in [0.3, 0.4) is 0 Å². The molecule has 0 fully saturated rings. The number of carbonyl (C=O) groups is 2. The highest BCUT2D eigenvalue weighted by Gasteiger charge is 2.14. The average Bonchev–Trinajstić information content (AvgIpc) is 2.55. The van der Waals surface area contributed by atoms with E-state index in [0.29, 0.717) is 18.0 Å². The van der Waals surface area contributed by atoms with Gasteiger partial charge in [0, 0.05) is 24.8 Å². The number of likely N-dealkylation sites (N-methyl/N-ethyl adjacent to an activating group) is 1. The number of hydrogen-bond donors (Lipinski definition) is 1. The van der Waals surface area contributed by atoms with Crippen molar-refractivity contribution in [1.82, 2.24) is 0 Å². The van der Waals surface area contributed by atoms with Crippen LogP contribution in [0, 0.1) is 0 Å². The summed E-state index contributed by atoms with van der Waals surface area (Å²) in [6, 6.07) is 16.4. The van der Waals surface area contributed by atoms with Gasteiger partial charge in [0.15, 0.2) is 6.61 Å². The molecule has 0 unspecified atom stereocenters. The van der Waals surface area contributed by atoms with E-state index in [1.165, 1.54) is 6.92 Å². The molecule has 0 aromatic heterocycles. The Balaban J connectivity index is 1.94. The Kier molecular flexibility index (Phi) is 5.74. The molecule has 0 aliphatic carbocycles. The third-order valence-electron chi connectivity index (χ3n) is 3.22. The molecule has 2 rings (SSSR count). The zero-order valence-electron chi connectivity index (χ0n) is 13.3. The van der Waals surface area contributed by atoms with Crippen LogP contribution in [-0.2, 0) is 9.59 Å². The molecule has 0 radical (unpaired) electrons. The van der Waals surface area contributed by atoms with Crippen molar-refractivity contribution in [2.24, 2.45) is 0 Å². The Morgan fingerprint density at radius 3 is 2.26 bits per heavy atom. The number of nitrogens with zero attached hydrogens (tertiary/aromatic N) is 1. The summed E-state index contributed by atoms with van der Waals surface area (Å²) in [4.78, 5) is 24.9. The zero-order valence-corrected chi connectivity index (χ0v) is 13.3. The third-order valence-corrected chi connectivity index (χ3v) is 3.22. The van der Waals surface area contributed by atoms with Crippen LogP contribution in [0.25, 0.3) is 0 Å². The lowest BCUT2D eigenvalue weighted by Crippen LogP contribution is -2.34. The van der Waals surface area contributed by atoms with Crippen molar-refractivity contribution >= 4 is 23.2 Å². The second-order valence-corrected chi connectivity index (χ2v) is 4.97. The maximum absolute atomic E-state index is 12.3. The summed E-state index contributed by atoms with van der Waals surface area (Å²) in [5.74, 6) is 0.344. The molecule has 2 amide bonds. The van der Waals surface area contributed by atoms with Crippen LogP contribution >= 0.6 is 0 Å². The summed E-state index contributed by atoms with van der Waals surface area (Å²) in [5.41, 5.74) is 1.54. The van der Waals surface area contributed by atoms with Crippen molar-refractivity contribution in [2.75, 3.05) is 23.4 Å². The van der Waals surface area contributed by atoms with Gasteiger partial charge in [0.05, 0.1) is 0 Å². The van der Waals surface area contributed by atoms with Gasteiger partial charge in [0.2, 0.25) is 5.91 Å². The van der Waals surface area contributed by atoms with Crippen LogP contribution in [-0.4, -0.2) is 25.0 Å². The van der Waals surface area contributed by atoms with Crippen LogP contribution in [0.4, 0.5) is 11.4 Å². The van der Waals surface area contributed by atoms with E-state index in [4.69, 9.17) is 4.74 Å². The minimum atomic E-state index is -0.129. The number of nitrogens with one attached hydrogen (secondary N) is 1. The molecular weight excluding hydrogens is 292 g/mol. The number of para-hydroxylation sites is 1. The van der Waals surface area contributed by atoms with Gasteiger partial charge in [-0.3, -0.25) is 9.59 Å². The van der Waals surface area contributed by atoms with Gasteiger partial charge in [0.25, 0.3) is 5.91 Å². The second-order valence-electron chi connectivity index (χ2n) is 4.97. The minimum absolute atomic E-state index is 0.0395. The molecule has 0 atom stereocenters. The molecule has 1 N–H and O–H groups in total. The van der Waals surface area contributed by atoms with E-state index < -0.39 is 0 Å². The Morgan fingerprint density at radius 1 is 1.04 bits per heavy atom. The van der Waals surface area contributed by atoms with E-state index in [0.717, 1.165) is 5.69 Å². The van der Waals surface area contributed by atoms with Gasteiger partial charge < -0.3 is 15.0 Å². The minimum Gasteiger partial charge on any atom is -0.484 e. The molecule has 0 aliphatic rings. The van der Waals surface area contributed by atoms with Gasteiger partial charge in [-0.1, -0.05) is 18.2 Å². The molecule has 2 aromatic carbocycles. The fraction of sp³-hybridized carbons (Fsp3) is 0.222. The predicted octanol–water partition coefficient (Wildman–Crippen LogP) is 3.08. The molecular formula is C18H20N2O3. The summed E-state index contributed by atoms with van der Waals surface area (Å²) in [7, 11) is 0. The van der Waals surface area contributed by atoms with Gasteiger partial charge in [-0.2, -0.15) is 0 Å². The molecule has 0 spiro atoms.